The van der Waals surface area contributed by atoms with Crippen molar-refractivity contribution in [1.82, 2.24) is 14.6 Å². The fraction of sp³-hybridized carbons (Fsp3) is 0.659. The fourth-order valence-corrected chi connectivity index (χ4v) is 10.9. The number of hydrogen-bond donors (Lipinski definition) is 1. The summed E-state index contributed by atoms with van der Waals surface area (Å²) in [4.78, 5) is 63.9. The highest BCUT2D eigenvalue weighted by molar-refractivity contribution is 7.91. The number of ketones is 1. The second-order valence-electron chi connectivity index (χ2n) is 18.1. The number of methoxy groups -OCH3 is 1. The van der Waals surface area contributed by atoms with Crippen LogP contribution in [0, 0.1) is 23.2 Å². The minimum Gasteiger partial charge on any atom is -0.497 e. The van der Waals surface area contributed by atoms with E-state index in [0.29, 0.717) is 62.4 Å². The van der Waals surface area contributed by atoms with E-state index >= 15 is 0 Å². The molecule has 8 rings (SSSR count). The summed E-state index contributed by atoms with van der Waals surface area (Å²) < 4.78 is 46.4. The van der Waals surface area contributed by atoms with E-state index in [9.17, 15) is 27.6 Å². The Labute approximate surface area is 335 Å². The monoisotopic (exact) mass is 803 g/mol. The van der Waals surface area contributed by atoms with E-state index in [1.165, 1.54) is 0 Å². The summed E-state index contributed by atoms with van der Waals surface area (Å²) in [5.41, 5.74) is 0.497. The molecule has 0 radical (unpaired) electrons. The highest BCUT2D eigenvalue weighted by Gasteiger charge is 2.63. The number of allylic oxidation sites excluding steroid dienone is 2. The number of nitrogens with zero attached hydrogens (tertiary/aromatic N) is 2. The minimum atomic E-state index is -3.94. The van der Waals surface area contributed by atoms with E-state index in [1.54, 1.807) is 18.9 Å². The number of hydrogen-bond acceptors (Lipinski definition) is 10. The van der Waals surface area contributed by atoms with Crippen molar-refractivity contribution in [2.75, 3.05) is 13.7 Å². The first-order chi connectivity index (χ1) is 27.2. The van der Waals surface area contributed by atoms with Gasteiger partial charge in [-0.15, -0.1) is 0 Å². The lowest BCUT2D eigenvalue weighted by Gasteiger charge is -2.37. The van der Waals surface area contributed by atoms with Gasteiger partial charge in [0.2, 0.25) is 21.8 Å². The van der Waals surface area contributed by atoms with Crippen molar-refractivity contribution in [3.05, 3.63) is 41.6 Å². The number of fused-ring (bicyclic) bond motifs is 5. The minimum absolute atomic E-state index is 0.0767. The van der Waals surface area contributed by atoms with Crippen LogP contribution < -0.4 is 14.2 Å². The molecule has 0 bridgehead atoms. The summed E-state index contributed by atoms with van der Waals surface area (Å²) in [5, 5.41) is 0.936. The molecule has 3 saturated carbocycles. The van der Waals surface area contributed by atoms with Crippen LogP contribution in [0.1, 0.15) is 122 Å². The van der Waals surface area contributed by atoms with Gasteiger partial charge < -0.3 is 19.1 Å². The Morgan fingerprint density at radius 1 is 1.09 bits per heavy atom. The van der Waals surface area contributed by atoms with Gasteiger partial charge in [-0.2, -0.15) is 0 Å². The van der Waals surface area contributed by atoms with Crippen molar-refractivity contribution < 1.29 is 41.8 Å². The molecule has 0 unspecified atom stereocenters. The molecule has 1 spiro atoms. The molecule has 6 atom stereocenters. The number of sulfonamides is 1. The van der Waals surface area contributed by atoms with Crippen molar-refractivity contribution in [2.45, 2.75) is 146 Å². The van der Waals surface area contributed by atoms with Crippen LogP contribution in [-0.4, -0.2) is 78.0 Å². The largest absolute Gasteiger partial charge is 0.497 e. The number of Topliss-reactive ketones (excluding diaryl/α,β-unsaturated/α-hetero) is 1. The Hall–Kier alpha value is -4.00. The Balaban J connectivity index is 1.13. The molecule has 13 heteroatoms. The van der Waals surface area contributed by atoms with E-state index in [0.717, 1.165) is 60.7 Å². The normalized spacial score (nSPS) is 30.8. The Morgan fingerprint density at radius 3 is 2.60 bits per heavy atom. The first-order valence-corrected chi connectivity index (χ1v) is 22.6. The van der Waals surface area contributed by atoms with Gasteiger partial charge in [-0.25, -0.2) is 13.4 Å². The number of rotatable bonds is 9. The maximum Gasteiger partial charge on any atom is 0.306 e. The van der Waals surface area contributed by atoms with Crippen LogP contribution >= 0.6 is 0 Å². The Morgan fingerprint density at radius 2 is 1.88 bits per heavy atom. The molecule has 3 aliphatic carbocycles. The van der Waals surface area contributed by atoms with Crippen LogP contribution in [0.5, 0.6) is 11.5 Å². The second-order valence-corrected chi connectivity index (χ2v) is 20.3. The maximum atomic E-state index is 14.9. The zero-order valence-corrected chi connectivity index (χ0v) is 34.6. The third-order valence-electron chi connectivity index (χ3n) is 13.9. The molecular weight excluding hydrogens is 747 g/mol. The summed E-state index contributed by atoms with van der Waals surface area (Å²) in [6.45, 7) is 5.70. The van der Waals surface area contributed by atoms with Gasteiger partial charge in [-0.3, -0.25) is 23.9 Å². The molecule has 3 aliphatic heterocycles. The molecule has 2 amide bonds. The zero-order chi connectivity index (χ0) is 40.3. The van der Waals surface area contributed by atoms with Gasteiger partial charge in [0.25, 0.3) is 0 Å². The average molecular weight is 804 g/mol. The van der Waals surface area contributed by atoms with Crippen molar-refractivity contribution in [1.29, 1.82) is 0 Å². The molecule has 57 heavy (non-hydrogen) atoms. The first kappa shape index (κ1) is 39.8. The summed E-state index contributed by atoms with van der Waals surface area (Å²) >= 11 is 0. The lowest BCUT2D eigenvalue weighted by molar-refractivity contribution is -0.154. The van der Waals surface area contributed by atoms with Crippen LogP contribution in [0.15, 0.2) is 30.4 Å². The zero-order valence-electron chi connectivity index (χ0n) is 33.8. The molecule has 2 aromatic rings. The molecule has 1 saturated heterocycles. The predicted octanol–water partition coefficient (Wildman–Crippen LogP) is 6.30. The summed E-state index contributed by atoms with van der Waals surface area (Å²) in [5.74, 6) is -0.892. The number of benzene rings is 1. The SMILES string of the molecule is CCc1nc2ccc(OC)cc2c2c1O[C@]1(CC2)C[C@H]2C(=O)C[C@]3(C(=O)NS(=O)(=O)C4(C)CC4)C[C@H]3/C=C\CCCCC[C@H](CC(=O)O[C@H](C)C3CC3)C(=O)N2C1. The van der Waals surface area contributed by atoms with Gasteiger partial charge in [-0.1, -0.05) is 31.9 Å². The standard InChI is InChI=1S/C44H57N3O9S/c1-5-34-39-32(33-22-31(54-4)15-16-35(33)45-34)17-18-43(56-39)24-36-37(48)25-44(41(51)46-57(52,53)42(3)19-20-42)23-30(44)12-10-8-6-7-9-11-29(40(50)47(36)26-43)21-38(49)55-27(2)28-13-14-28/h10,12,15-16,22,27-30,36H,5-9,11,13-14,17-21,23-26H2,1-4H3,(H,46,51)/b12-10-/t27-,29-,30-,36+,43-,44-/m1/s1. The predicted molar refractivity (Wildman–Crippen MR) is 213 cm³/mol. The average Bonchev–Trinajstić information content (AvgIpc) is 4.11. The number of carbonyl (C=O) groups is 4. The van der Waals surface area contributed by atoms with E-state index in [1.807, 2.05) is 44.2 Å². The molecule has 4 heterocycles. The van der Waals surface area contributed by atoms with Crippen molar-refractivity contribution in [3.8, 4) is 11.5 Å². The quantitative estimate of drug-likeness (QED) is 0.225. The molecular formula is C44H57N3O9S. The molecule has 6 aliphatic rings. The highest BCUT2D eigenvalue weighted by Crippen LogP contribution is 2.58. The summed E-state index contributed by atoms with van der Waals surface area (Å²) in [6.07, 6.45) is 12.5. The van der Waals surface area contributed by atoms with Gasteiger partial charge in [0.05, 0.1) is 47.5 Å². The summed E-state index contributed by atoms with van der Waals surface area (Å²) in [7, 11) is -2.31. The molecule has 12 nitrogen and oxygen atoms in total. The lowest BCUT2D eigenvalue weighted by Crippen LogP contribution is -2.48. The van der Waals surface area contributed by atoms with Gasteiger partial charge >= 0.3 is 5.97 Å². The fourth-order valence-electron chi connectivity index (χ4n) is 9.53. The number of nitrogens with one attached hydrogen (secondary N) is 1. The van der Waals surface area contributed by atoms with Crippen molar-refractivity contribution >= 4 is 44.5 Å². The molecule has 1 N–H and O–H groups in total. The van der Waals surface area contributed by atoms with E-state index in [2.05, 4.69) is 4.72 Å². The number of esters is 1. The van der Waals surface area contributed by atoms with Crippen LogP contribution in [0.25, 0.3) is 10.9 Å². The van der Waals surface area contributed by atoms with Crippen molar-refractivity contribution in [2.24, 2.45) is 23.2 Å². The van der Waals surface area contributed by atoms with Gasteiger partial charge in [0.15, 0.2) is 5.78 Å². The number of amides is 2. The topological polar surface area (TPSA) is 158 Å². The van der Waals surface area contributed by atoms with Gasteiger partial charge in [0, 0.05) is 29.7 Å². The highest BCUT2D eigenvalue weighted by atomic mass is 32.2. The number of ether oxygens (including phenoxy) is 3. The Kier molecular flexibility index (Phi) is 10.5. The first-order valence-electron chi connectivity index (χ1n) is 21.1. The number of aromatic nitrogens is 1. The molecule has 4 fully saturated rings. The lowest BCUT2D eigenvalue weighted by atomic mass is 9.85. The van der Waals surface area contributed by atoms with Gasteiger partial charge in [0.1, 0.15) is 23.2 Å². The third-order valence-corrected chi connectivity index (χ3v) is 16.1. The van der Waals surface area contributed by atoms with E-state index in [4.69, 9.17) is 19.2 Å². The van der Waals surface area contributed by atoms with Crippen molar-refractivity contribution in [3.63, 3.8) is 0 Å². The maximum absolute atomic E-state index is 14.9. The smallest absolute Gasteiger partial charge is 0.306 e. The van der Waals surface area contributed by atoms with E-state index in [-0.39, 0.29) is 49.5 Å². The number of aryl methyl sites for hydroxylation is 2. The molecule has 1 aromatic heterocycles. The van der Waals surface area contributed by atoms with Crippen LogP contribution in [0.3, 0.4) is 0 Å². The van der Waals surface area contributed by atoms with Crippen LogP contribution in [0.4, 0.5) is 0 Å². The summed E-state index contributed by atoms with van der Waals surface area (Å²) in [6, 6.07) is 4.87. The van der Waals surface area contributed by atoms with Crippen LogP contribution in [-0.2, 0) is 46.8 Å². The number of carbonyl (C=O) groups excluding carboxylic acids is 4. The molecule has 1 aromatic carbocycles. The Bertz CT molecular complexity index is 2110. The van der Waals surface area contributed by atoms with Crippen LogP contribution in [0.2, 0.25) is 0 Å². The molecule has 308 valence electrons. The number of pyridine rings is 1. The van der Waals surface area contributed by atoms with Gasteiger partial charge in [-0.05, 0) is 115 Å². The third kappa shape index (κ3) is 7.69. The van der Waals surface area contributed by atoms with E-state index < -0.39 is 49.6 Å². The second kappa shape index (κ2) is 15.0.